The van der Waals surface area contributed by atoms with Crippen molar-refractivity contribution in [2.24, 2.45) is 5.92 Å². The van der Waals surface area contributed by atoms with Crippen molar-refractivity contribution in [3.63, 3.8) is 0 Å². The van der Waals surface area contributed by atoms with Crippen LogP contribution in [0.1, 0.15) is 25.2 Å². The summed E-state index contributed by atoms with van der Waals surface area (Å²) < 4.78 is 24.8. The fourth-order valence-corrected chi connectivity index (χ4v) is 3.98. The molecule has 134 valence electrons. The number of oxazole rings is 1. The van der Waals surface area contributed by atoms with Crippen LogP contribution in [0.2, 0.25) is 0 Å². The molecule has 0 spiro atoms. The Morgan fingerprint density at radius 3 is 3.08 bits per heavy atom. The Bertz CT molecular complexity index is 720. The summed E-state index contributed by atoms with van der Waals surface area (Å²) in [4.78, 5) is 6.68. The summed E-state index contributed by atoms with van der Waals surface area (Å²) in [7, 11) is 0. The molecule has 25 heavy (non-hydrogen) atoms. The van der Waals surface area contributed by atoms with E-state index < -0.39 is 0 Å². The van der Waals surface area contributed by atoms with Gasteiger partial charge in [-0.15, -0.1) is 0 Å². The lowest BCUT2D eigenvalue weighted by molar-refractivity contribution is -0.0643. The third-order valence-electron chi connectivity index (χ3n) is 5.27. The number of aromatic nitrogens is 1. The molecule has 1 aromatic carbocycles. The summed E-state index contributed by atoms with van der Waals surface area (Å²) >= 11 is 0. The highest BCUT2D eigenvalue weighted by Crippen LogP contribution is 2.31. The van der Waals surface area contributed by atoms with Crippen LogP contribution in [0.25, 0.3) is 11.3 Å². The van der Waals surface area contributed by atoms with E-state index >= 15 is 0 Å². The van der Waals surface area contributed by atoms with Gasteiger partial charge in [0.25, 0.3) is 0 Å². The summed E-state index contributed by atoms with van der Waals surface area (Å²) in [6.07, 6.45) is 4.21. The number of hydrogen-bond donors (Lipinski definition) is 1. The van der Waals surface area contributed by atoms with Crippen LogP contribution in [-0.4, -0.2) is 46.9 Å². The zero-order valence-corrected chi connectivity index (χ0v) is 14.1. The number of benzene rings is 1. The molecular weight excluding hydrogens is 323 g/mol. The second-order valence-electron chi connectivity index (χ2n) is 6.90. The number of hydrogen-bond acceptors (Lipinski definition) is 5. The first-order chi connectivity index (χ1) is 12.2. The molecule has 0 aliphatic carbocycles. The van der Waals surface area contributed by atoms with E-state index in [1.807, 2.05) is 6.07 Å². The molecule has 0 bridgehead atoms. The molecule has 2 aliphatic rings. The Kier molecular flexibility index (Phi) is 4.83. The molecule has 0 saturated carbocycles. The quantitative estimate of drug-likeness (QED) is 0.922. The van der Waals surface area contributed by atoms with Crippen LogP contribution in [0.15, 0.2) is 34.9 Å². The molecule has 1 aromatic heterocycles. The maximum atomic E-state index is 13.4. The third-order valence-corrected chi connectivity index (χ3v) is 5.27. The average Bonchev–Trinajstić information content (AvgIpc) is 3.25. The summed E-state index contributed by atoms with van der Waals surface area (Å²) in [5.41, 5.74) is 0.688. The van der Waals surface area contributed by atoms with Gasteiger partial charge in [-0.1, -0.05) is 12.1 Å². The minimum Gasteiger partial charge on any atom is -0.439 e. The van der Waals surface area contributed by atoms with E-state index in [1.165, 1.54) is 12.1 Å². The number of aliphatic hydroxyl groups excluding tert-OH is 1. The van der Waals surface area contributed by atoms with Crippen molar-refractivity contribution in [1.82, 2.24) is 9.88 Å². The standard InChI is InChI=1S/C19H23FN2O3/c20-14-4-1-3-13(9-14)18-10-21-19(25-18)11-22-7-2-5-16(22)15-12-24-8-6-17(15)23/h1,3-4,9-10,15-17,23H,2,5-8,11-12H2/t15-,16+,17+/m0/s1. The van der Waals surface area contributed by atoms with Crippen molar-refractivity contribution in [3.05, 3.63) is 42.2 Å². The topological polar surface area (TPSA) is 58.7 Å². The first-order valence-corrected chi connectivity index (χ1v) is 8.91. The highest BCUT2D eigenvalue weighted by Gasteiger charge is 2.37. The van der Waals surface area contributed by atoms with Crippen molar-refractivity contribution < 1.29 is 18.7 Å². The number of rotatable bonds is 4. The van der Waals surface area contributed by atoms with Gasteiger partial charge in [0.1, 0.15) is 5.82 Å². The molecule has 4 rings (SSSR count). The van der Waals surface area contributed by atoms with Gasteiger partial charge in [0, 0.05) is 24.1 Å². The minimum absolute atomic E-state index is 0.147. The second-order valence-corrected chi connectivity index (χ2v) is 6.90. The highest BCUT2D eigenvalue weighted by atomic mass is 19.1. The number of aliphatic hydroxyl groups is 1. The fraction of sp³-hybridized carbons (Fsp3) is 0.526. The molecule has 2 saturated heterocycles. The SMILES string of the molecule is O[C@@H]1CCOC[C@H]1[C@H]1CCCN1Cc1ncc(-c2cccc(F)c2)o1. The Morgan fingerprint density at radius 1 is 1.32 bits per heavy atom. The van der Waals surface area contributed by atoms with Crippen LogP contribution in [0.4, 0.5) is 4.39 Å². The smallest absolute Gasteiger partial charge is 0.209 e. The summed E-state index contributed by atoms with van der Waals surface area (Å²) in [6.45, 7) is 2.82. The van der Waals surface area contributed by atoms with E-state index in [0.29, 0.717) is 49.4 Å². The van der Waals surface area contributed by atoms with Gasteiger partial charge in [0.05, 0.1) is 25.5 Å². The lowest BCUT2D eigenvalue weighted by atomic mass is 9.89. The van der Waals surface area contributed by atoms with E-state index in [1.54, 1.807) is 12.3 Å². The van der Waals surface area contributed by atoms with Crippen LogP contribution in [0.3, 0.4) is 0 Å². The summed E-state index contributed by atoms with van der Waals surface area (Å²) in [5, 5.41) is 10.3. The second kappa shape index (κ2) is 7.23. The lowest BCUT2D eigenvalue weighted by Crippen LogP contribution is -2.45. The molecule has 5 nitrogen and oxygen atoms in total. The van der Waals surface area contributed by atoms with E-state index in [9.17, 15) is 9.50 Å². The normalized spacial score (nSPS) is 27.7. The zero-order valence-electron chi connectivity index (χ0n) is 14.1. The minimum atomic E-state index is -0.299. The molecule has 3 heterocycles. The summed E-state index contributed by atoms with van der Waals surface area (Å²) in [6, 6.07) is 6.61. The Hall–Kier alpha value is -1.76. The lowest BCUT2D eigenvalue weighted by Gasteiger charge is -2.36. The van der Waals surface area contributed by atoms with Crippen molar-refractivity contribution in [3.8, 4) is 11.3 Å². The molecule has 1 N–H and O–H groups in total. The van der Waals surface area contributed by atoms with E-state index in [4.69, 9.17) is 9.15 Å². The average molecular weight is 346 g/mol. The molecule has 0 amide bonds. The van der Waals surface area contributed by atoms with Crippen LogP contribution < -0.4 is 0 Å². The number of likely N-dealkylation sites (tertiary alicyclic amines) is 1. The zero-order chi connectivity index (χ0) is 17.2. The van der Waals surface area contributed by atoms with E-state index in [0.717, 1.165) is 19.4 Å². The van der Waals surface area contributed by atoms with Crippen molar-refractivity contribution in [2.75, 3.05) is 19.8 Å². The van der Waals surface area contributed by atoms with Gasteiger partial charge < -0.3 is 14.3 Å². The number of nitrogens with zero attached hydrogens (tertiary/aromatic N) is 2. The molecule has 2 aromatic rings. The predicted molar refractivity (Wildman–Crippen MR) is 90.3 cm³/mol. The Balaban J connectivity index is 1.46. The summed E-state index contributed by atoms with van der Waals surface area (Å²) in [5.74, 6) is 1.05. The molecule has 0 unspecified atom stereocenters. The van der Waals surface area contributed by atoms with Crippen molar-refractivity contribution in [1.29, 1.82) is 0 Å². The van der Waals surface area contributed by atoms with Crippen molar-refractivity contribution in [2.45, 2.75) is 38.0 Å². The van der Waals surface area contributed by atoms with Crippen LogP contribution >= 0.6 is 0 Å². The first-order valence-electron chi connectivity index (χ1n) is 8.91. The fourth-order valence-electron chi connectivity index (χ4n) is 3.98. The molecule has 0 radical (unpaired) electrons. The van der Waals surface area contributed by atoms with Gasteiger partial charge in [0.15, 0.2) is 5.76 Å². The molecule has 6 heteroatoms. The number of halogens is 1. The molecule has 2 aliphatic heterocycles. The van der Waals surface area contributed by atoms with Gasteiger partial charge in [-0.2, -0.15) is 0 Å². The van der Waals surface area contributed by atoms with Gasteiger partial charge in [0.2, 0.25) is 5.89 Å². The first kappa shape index (κ1) is 16.7. The van der Waals surface area contributed by atoms with Gasteiger partial charge in [-0.05, 0) is 37.9 Å². The largest absolute Gasteiger partial charge is 0.439 e. The maximum Gasteiger partial charge on any atom is 0.209 e. The maximum absolute atomic E-state index is 13.4. The van der Waals surface area contributed by atoms with Gasteiger partial charge >= 0.3 is 0 Å². The van der Waals surface area contributed by atoms with Crippen LogP contribution in [0, 0.1) is 11.7 Å². The van der Waals surface area contributed by atoms with E-state index in [-0.39, 0.29) is 17.8 Å². The van der Waals surface area contributed by atoms with Crippen LogP contribution in [-0.2, 0) is 11.3 Å². The monoisotopic (exact) mass is 346 g/mol. The van der Waals surface area contributed by atoms with Crippen molar-refractivity contribution >= 4 is 0 Å². The Morgan fingerprint density at radius 2 is 2.24 bits per heavy atom. The Labute approximate surface area is 146 Å². The van der Waals surface area contributed by atoms with E-state index in [2.05, 4.69) is 9.88 Å². The third kappa shape index (κ3) is 3.61. The molecular formula is C19H23FN2O3. The number of ether oxygens (including phenoxy) is 1. The highest BCUT2D eigenvalue weighted by molar-refractivity contribution is 5.56. The molecule has 2 fully saturated rings. The van der Waals surface area contributed by atoms with Gasteiger partial charge in [-0.25, -0.2) is 9.37 Å². The van der Waals surface area contributed by atoms with Gasteiger partial charge in [-0.3, -0.25) is 4.90 Å². The molecule has 3 atom stereocenters. The predicted octanol–water partition coefficient (Wildman–Crippen LogP) is 2.84. The van der Waals surface area contributed by atoms with Crippen LogP contribution in [0.5, 0.6) is 0 Å².